The van der Waals surface area contributed by atoms with Crippen LogP contribution in [0.2, 0.25) is 0 Å². The minimum Gasteiger partial charge on any atom is -0.453 e. The Labute approximate surface area is 339 Å². The molecule has 3 N–H and O–H groups in total. The molecule has 12 nitrogen and oxygen atoms in total. The number of nitrogens with one attached hydrogen (secondary N) is 3. The standard InChI is InChI=1S/C46H52N8O4/c1-6-21-53(43(55)27-48-46(57)58-5)28-41-47-26-40(51-41)35-16-19-37-34(24-35)14-13-33-23-31(15-18-36(33)37)32-17-20-38-39(25-32)50-42(49-38)29-54(22-7-2)45(56)44(52(3)4)30-11-9-8-10-12-30/h8-12,15-20,23-26,44H,6-7,13-14,21-22,27-29H2,1-5H3,(H,47,51)(H,48,57)(H,49,50). The molecule has 58 heavy (non-hydrogen) atoms. The van der Waals surface area contributed by atoms with Crippen molar-refractivity contribution < 1.29 is 19.1 Å². The highest BCUT2D eigenvalue weighted by Crippen LogP contribution is 2.38. The molecule has 0 radical (unpaired) electrons. The summed E-state index contributed by atoms with van der Waals surface area (Å²) in [6, 6.07) is 29.2. The van der Waals surface area contributed by atoms with E-state index in [2.05, 4.69) is 86.5 Å². The zero-order chi connectivity index (χ0) is 40.8. The van der Waals surface area contributed by atoms with Crippen molar-refractivity contribution in [1.82, 2.24) is 40.0 Å². The van der Waals surface area contributed by atoms with Crippen LogP contribution in [0, 0.1) is 0 Å². The zero-order valence-corrected chi connectivity index (χ0v) is 34.0. The van der Waals surface area contributed by atoms with Gasteiger partial charge in [0.05, 0.1) is 43.1 Å². The van der Waals surface area contributed by atoms with E-state index in [0.717, 1.165) is 70.5 Å². The molecule has 1 unspecified atom stereocenters. The van der Waals surface area contributed by atoms with Crippen molar-refractivity contribution in [3.63, 3.8) is 0 Å². The van der Waals surface area contributed by atoms with Crippen molar-refractivity contribution in [3.8, 4) is 33.5 Å². The van der Waals surface area contributed by atoms with Crippen LogP contribution in [-0.4, -0.2) is 93.4 Å². The molecule has 4 aromatic carbocycles. The van der Waals surface area contributed by atoms with E-state index in [9.17, 15) is 14.4 Å². The fourth-order valence-corrected chi connectivity index (χ4v) is 7.91. The van der Waals surface area contributed by atoms with Crippen molar-refractivity contribution in [2.24, 2.45) is 0 Å². The smallest absolute Gasteiger partial charge is 0.407 e. The maximum Gasteiger partial charge on any atom is 0.407 e. The van der Waals surface area contributed by atoms with Gasteiger partial charge in [-0.05, 0) is 102 Å². The third-order valence-electron chi connectivity index (χ3n) is 10.7. The minimum absolute atomic E-state index is 0.0639. The number of amides is 3. The first-order chi connectivity index (χ1) is 28.1. The number of imidazole rings is 2. The maximum atomic E-state index is 13.9. The molecule has 7 rings (SSSR count). The number of ether oxygens (including phenoxy) is 1. The molecule has 0 saturated carbocycles. The van der Waals surface area contributed by atoms with E-state index in [-0.39, 0.29) is 24.4 Å². The van der Waals surface area contributed by atoms with Crippen LogP contribution in [0.25, 0.3) is 44.5 Å². The van der Waals surface area contributed by atoms with E-state index in [0.29, 0.717) is 32.0 Å². The molecule has 2 aromatic heterocycles. The summed E-state index contributed by atoms with van der Waals surface area (Å²) in [5.74, 6) is 1.31. The fraction of sp³-hybridized carbons (Fsp3) is 0.326. The summed E-state index contributed by atoms with van der Waals surface area (Å²) >= 11 is 0. The van der Waals surface area contributed by atoms with E-state index in [1.807, 2.05) is 67.3 Å². The first kappa shape index (κ1) is 39.9. The molecular weight excluding hydrogens is 729 g/mol. The van der Waals surface area contributed by atoms with Gasteiger partial charge in [0.15, 0.2) is 0 Å². The van der Waals surface area contributed by atoms with Gasteiger partial charge in [-0.2, -0.15) is 0 Å². The van der Waals surface area contributed by atoms with Gasteiger partial charge >= 0.3 is 6.09 Å². The summed E-state index contributed by atoms with van der Waals surface area (Å²) in [4.78, 5) is 60.2. The second-order valence-corrected chi connectivity index (χ2v) is 15.1. The Morgan fingerprint density at radius 1 is 0.776 bits per heavy atom. The Kier molecular flexibility index (Phi) is 12.3. The second-order valence-electron chi connectivity index (χ2n) is 15.1. The zero-order valence-electron chi connectivity index (χ0n) is 34.0. The Bertz CT molecular complexity index is 2400. The van der Waals surface area contributed by atoms with Gasteiger partial charge in [-0.25, -0.2) is 14.8 Å². The van der Waals surface area contributed by atoms with Crippen molar-refractivity contribution in [1.29, 1.82) is 0 Å². The third-order valence-corrected chi connectivity index (χ3v) is 10.7. The highest BCUT2D eigenvalue weighted by atomic mass is 16.5. The molecular formula is C46H52N8O4. The van der Waals surface area contributed by atoms with Gasteiger partial charge in [0, 0.05) is 13.1 Å². The second kappa shape index (κ2) is 17.9. The number of aromatic amines is 2. The van der Waals surface area contributed by atoms with E-state index in [1.54, 1.807) is 4.90 Å². The highest BCUT2D eigenvalue weighted by molar-refractivity contribution is 5.86. The van der Waals surface area contributed by atoms with Crippen molar-refractivity contribution in [2.75, 3.05) is 40.8 Å². The predicted molar refractivity (Wildman–Crippen MR) is 227 cm³/mol. The summed E-state index contributed by atoms with van der Waals surface area (Å²) in [5, 5.41) is 2.46. The number of hydrogen-bond donors (Lipinski definition) is 3. The van der Waals surface area contributed by atoms with Gasteiger partial charge in [-0.15, -0.1) is 0 Å². The fourth-order valence-electron chi connectivity index (χ4n) is 7.91. The van der Waals surface area contributed by atoms with Crippen LogP contribution in [0.15, 0.2) is 91.1 Å². The van der Waals surface area contributed by atoms with Crippen LogP contribution in [-0.2, 0) is 40.3 Å². The first-order valence-corrected chi connectivity index (χ1v) is 20.0. The Hall–Kier alpha value is -6.27. The molecule has 1 atom stereocenters. The lowest BCUT2D eigenvalue weighted by Crippen LogP contribution is -2.40. The number of alkyl carbamates (subject to hydrolysis) is 1. The van der Waals surface area contributed by atoms with Gasteiger partial charge in [0.2, 0.25) is 11.8 Å². The Morgan fingerprint density at radius 2 is 1.41 bits per heavy atom. The van der Waals surface area contributed by atoms with Gasteiger partial charge in [-0.1, -0.05) is 80.6 Å². The quantitative estimate of drug-likeness (QED) is 0.0980. The summed E-state index contributed by atoms with van der Waals surface area (Å²) in [5.41, 5.74) is 12.1. The summed E-state index contributed by atoms with van der Waals surface area (Å²) < 4.78 is 4.59. The van der Waals surface area contributed by atoms with Crippen LogP contribution in [0.3, 0.4) is 0 Å². The number of likely N-dealkylation sites (N-methyl/N-ethyl adjacent to an activating group) is 1. The van der Waals surface area contributed by atoms with E-state index in [4.69, 9.17) is 4.98 Å². The monoisotopic (exact) mass is 780 g/mol. The van der Waals surface area contributed by atoms with Crippen LogP contribution in [0.1, 0.15) is 61.1 Å². The molecule has 0 saturated heterocycles. The predicted octanol–water partition coefficient (Wildman–Crippen LogP) is 7.52. The normalized spacial score (nSPS) is 12.5. The van der Waals surface area contributed by atoms with Crippen molar-refractivity contribution in [3.05, 3.63) is 119 Å². The first-order valence-electron chi connectivity index (χ1n) is 20.0. The minimum atomic E-state index is -0.637. The number of carbonyl (C=O) groups is 3. The summed E-state index contributed by atoms with van der Waals surface area (Å²) in [7, 11) is 5.17. The SMILES string of the molecule is CCCN(Cc1ncc(-c2ccc3c(c2)CCc2cc(-c4ccc5nc(CN(CCC)C(=O)C(c6ccccc6)N(C)C)[nH]c5c4)ccc2-3)[nH]1)C(=O)CNC(=O)OC. The third kappa shape index (κ3) is 8.82. The van der Waals surface area contributed by atoms with Gasteiger partial charge in [0.25, 0.3) is 0 Å². The number of fused-ring (bicyclic) bond motifs is 4. The largest absolute Gasteiger partial charge is 0.453 e. The number of aryl methyl sites for hydroxylation is 2. The number of rotatable bonds is 15. The van der Waals surface area contributed by atoms with E-state index >= 15 is 0 Å². The van der Waals surface area contributed by atoms with Gasteiger partial charge < -0.3 is 29.8 Å². The number of methoxy groups -OCH3 is 1. The van der Waals surface area contributed by atoms with Gasteiger partial charge in [0.1, 0.15) is 24.2 Å². The molecule has 0 spiro atoms. The van der Waals surface area contributed by atoms with Crippen LogP contribution >= 0.6 is 0 Å². The number of carbonyl (C=O) groups excluding carboxylic acids is 3. The number of aromatic nitrogens is 4. The molecule has 0 bridgehead atoms. The van der Waals surface area contributed by atoms with E-state index < -0.39 is 6.09 Å². The van der Waals surface area contributed by atoms with E-state index in [1.165, 1.54) is 29.4 Å². The van der Waals surface area contributed by atoms with Crippen molar-refractivity contribution >= 4 is 28.9 Å². The summed E-state index contributed by atoms with van der Waals surface area (Å²) in [6.45, 7) is 5.88. The number of benzene rings is 4. The average Bonchev–Trinajstić information content (AvgIpc) is 3.88. The van der Waals surface area contributed by atoms with Crippen LogP contribution in [0.5, 0.6) is 0 Å². The molecule has 6 aromatic rings. The van der Waals surface area contributed by atoms with Crippen LogP contribution in [0.4, 0.5) is 4.79 Å². The molecule has 12 heteroatoms. The maximum absolute atomic E-state index is 13.9. The molecule has 0 aliphatic heterocycles. The summed E-state index contributed by atoms with van der Waals surface area (Å²) in [6.07, 6.45) is 4.65. The lowest BCUT2D eigenvalue weighted by Gasteiger charge is -2.30. The van der Waals surface area contributed by atoms with Crippen molar-refractivity contribution in [2.45, 2.75) is 58.7 Å². The molecule has 300 valence electrons. The molecule has 3 amide bonds. The number of nitrogens with zero attached hydrogens (tertiary/aromatic N) is 5. The number of hydrogen-bond acceptors (Lipinski definition) is 7. The lowest BCUT2D eigenvalue weighted by molar-refractivity contribution is -0.137. The Morgan fingerprint density at radius 3 is 2.10 bits per heavy atom. The molecule has 0 fully saturated rings. The molecule has 1 aliphatic carbocycles. The topological polar surface area (TPSA) is 140 Å². The van der Waals surface area contributed by atoms with Crippen LogP contribution < -0.4 is 5.32 Å². The van der Waals surface area contributed by atoms with Gasteiger partial charge in [-0.3, -0.25) is 14.5 Å². The Balaban J connectivity index is 1.05. The number of H-pyrrole nitrogens is 2. The molecule has 2 heterocycles. The lowest BCUT2D eigenvalue weighted by atomic mass is 9.83. The molecule has 1 aliphatic rings. The average molecular weight is 781 g/mol. The highest BCUT2D eigenvalue weighted by Gasteiger charge is 2.28.